The predicted molar refractivity (Wildman–Crippen MR) is 42.2 cm³/mol. The lowest BCUT2D eigenvalue weighted by molar-refractivity contribution is -0.517. The molecule has 3 nitrogen and oxygen atoms in total. The van der Waals surface area contributed by atoms with Gasteiger partial charge in [-0.1, -0.05) is 0 Å². The molecule has 1 aliphatic rings. The molecule has 0 saturated carbocycles. The SMILES string of the molecule is FC(F)=C1OC(F)(F)C(F)(C(F)(F)OC(F)(F)C(F)(F)C(F)(F)F)O1. The summed E-state index contributed by atoms with van der Waals surface area (Å²) in [7, 11) is 0. The molecule has 0 radical (unpaired) electrons. The molecule has 1 unspecified atom stereocenters. The minimum atomic E-state index is -7.42. The van der Waals surface area contributed by atoms with Gasteiger partial charge < -0.3 is 9.47 Å². The van der Waals surface area contributed by atoms with E-state index in [0.29, 0.717) is 0 Å². The molecule has 0 N–H and O–H groups in total. The summed E-state index contributed by atoms with van der Waals surface area (Å²) in [6, 6.07) is 0. The smallest absolute Gasteiger partial charge is 0.408 e. The summed E-state index contributed by atoms with van der Waals surface area (Å²) in [5.41, 5.74) is 0. The van der Waals surface area contributed by atoms with Gasteiger partial charge >= 0.3 is 48.3 Å². The maximum atomic E-state index is 13.5. The van der Waals surface area contributed by atoms with E-state index >= 15 is 0 Å². The lowest BCUT2D eigenvalue weighted by Gasteiger charge is -2.34. The summed E-state index contributed by atoms with van der Waals surface area (Å²) in [5, 5.41) is 0. The summed E-state index contributed by atoms with van der Waals surface area (Å²) in [6.45, 7) is 0. The van der Waals surface area contributed by atoms with E-state index in [1.165, 1.54) is 0 Å². The number of hydrogen-bond acceptors (Lipinski definition) is 3. The van der Waals surface area contributed by atoms with Crippen molar-refractivity contribution >= 4 is 0 Å². The largest absolute Gasteiger partial charge is 0.483 e. The van der Waals surface area contributed by atoms with Crippen LogP contribution in [0.4, 0.5) is 61.5 Å². The van der Waals surface area contributed by atoms with E-state index in [0.717, 1.165) is 0 Å². The van der Waals surface area contributed by atoms with Crippen molar-refractivity contribution in [1.29, 1.82) is 0 Å². The average Bonchev–Trinajstić information content (AvgIpc) is 2.59. The van der Waals surface area contributed by atoms with Crippen molar-refractivity contribution in [2.45, 2.75) is 36.3 Å². The zero-order valence-corrected chi connectivity index (χ0v) is 10.5. The van der Waals surface area contributed by atoms with Gasteiger partial charge in [-0.05, 0) is 0 Å². The van der Waals surface area contributed by atoms with Gasteiger partial charge in [-0.2, -0.15) is 61.5 Å². The Morgan fingerprint density at radius 3 is 1.56 bits per heavy atom. The first-order valence-corrected chi connectivity index (χ1v) is 5.12. The molecule has 148 valence electrons. The first kappa shape index (κ1) is 21.4. The van der Waals surface area contributed by atoms with E-state index in [1.807, 2.05) is 0 Å². The van der Waals surface area contributed by atoms with Crippen LogP contribution in [0.2, 0.25) is 0 Å². The molecule has 0 bridgehead atoms. The topological polar surface area (TPSA) is 27.7 Å². The fraction of sp³-hybridized carbons (Fsp3) is 0.750. The van der Waals surface area contributed by atoms with E-state index in [2.05, 4.69) is 9.47 Å². The van der Waals surface area contributed by atoms with Crippen LogP contribution in [0, 0.1) is 0 Å². The fourth-order valence-corrected chi connectivity index (χ4v) is 1.15. The summed E-state index contributed by atoms with van der Waals surface area (Å²) >= 11 is 0. The van der Waals surface area contributed by atoms with Crippen LogP contribution in [0.15, 0.2) is 12.0 Å². The zero-order chi connectivity index (χ0) is 20.3. The van der Waals surface area contributed by atoms with E-state index in [-0.39, 0.29) is 0 Å². The second kappa shape index (κ2) is 5.41. The quantitative estimate of drug-likeness (QED) is 0.626. The molecule has 1 heterocycles. The highest BCUT2D eigenvalue weighted by atomic mass is 19.4. The maximum absolute atomic E-state index is 13.5. The molecule has 0 spiro atoms. The number of halogens is 14. The minimum Gasteiger partial charge on any atom is -0.408 e. The van der Waals surface area contributed by atoms with Crippen LogP contribution < -0.4 is 0 Å². The molecular formula is C8F14O3. The second-order valence-corrected chi connectivity index (χ2v) is 4.07. The summed E-state index contributed by atoms with van der Waals surface area (Å²) in [4.78, 5) is 0. The Morgan fingerprint density at radius 1 is 0.800 bits per heavy atom. The highest BCUT2D eigenvalue weighted by Crippen LogP contribution is 2.57. The molecule has 0 aromatic heterocycles. The number of alkyl halides is 12. The van der Waals surface area contributed by atoms with Gasteiger partial charge in [0, 0.05) is 0 Å². The van der Waals surface area contributed by atoms with Crippen molar-refractivity contribution in [1.82, 2.24) is 0 Å². The molecule has 0 aromatic carbocycles. The average molecular weight is 410 g/mol. The van der Waals surface area contributed by atoms with Crippen molar-refractivity contribution in [3.05, 3.63) is 12.0 Å². The number of ether oxygens (including phenoxy) is 3. The fourth-order valence-electron chi connectivity index (χ4n) is 1.15. The monoisotopic (exact) mass is 410 g/mol. The Labute approximate surface area is 125 Å². The van der Waals surface area contributed by atoms with Crippen molar-refractivity contribution in [2.24, 2.45) is 0 Å². The molecule has 1 fully saturated rings. The third-order valence-corrected chi connectivity index (χ3v) is 2.34. The van der Waals surface area contributed by atoms with Gasteiger partial charge in [0.25, 0.3) is 0 Å². The highest BCUT2D eigenvalue weighted by molar-refractivity contribution is 5.02. The molecule has 17 heteroatoms. The number of rotatable bonds is 4. The van der Waals surface area contributed by atoms with Crippen LogP contribution in [-0.4, -0.2) is 36.3 Å². The van der Waals surface area contributed by atoms with Gasteiger partial charge in [-0.3, -0.25) is 0 Å². The third-order valence-electron chi connectivity index (χ3n) is 2.34. The van der Waals surface area contributed by atoms with Gasteiger partial charge in [0.05, 0.1) is 0 Å². The van der Waals surface area contributed by atoms with Gasteiger partial charge in [0.2, 0.25) is 0 Å². The molecule has 1 aliphatic heterocycles. The zero-order valence-electron chi connectivity index (χ0n) is 10.5. The maximum Gasteiger partial charge on any atom is 0.483 e. The Balaban J connectivity index is 3.31. The Bertz CT molecular complexity index is 561. The van der Waals surface area contributed by atoms with Crippen LogP contribution in [0.5, 0.6) is 0 Å². The Hall–Kier alpha value is -1.68. The predicted octanol–water partition coefficient (Wildman–Crippen LogP) is 4.76. The van der Waals surface area contributed by atoms with Crippen molar-refractivity contribution in [3.8, 4) is 0 Å². The van der Waals surface area contributed by atoms with Gasteiger partial charge in [0.15, 0.2) is 0 Å². The molecule has 1 atom stereocenters. The normalized spacial score (nSPS) is 24.8. The van der Waals surface area contributed by atoms with Gasteiger partial charge in [-0.15, -0.1) is 0 Å². The van der Waals surface area contributed by atoms with Crippen molar-refractivity contribution in [2.75, 3.05) is 0 Å². The van der Waals surface area contributed by atoms with E-state index in [1.54, 1.807) is 4.74 Å². The molecule has 0 aromatic rings. The van der Waals surface area contributed by atoms with Crippen LogP contribution in [-0.2, 0) is 14.2 Å². The standard InChI is InChI=1S/C8F14O3/c9-1(10)2-23-4(13,7(19,20)24-2)8(21,22)25-6(17,18)3(11,12)5(14,15)16. The molecule has 0 amide bonds. The third kappa shape index (κ3) is 3.12. The molecule has 1 rings (SSSR count). The second-order valence-electron chi connectivity index (χ2n) is 4.07. The van der Waals surface area contributed by atoms with Gasteiger partial charge in [-0.25, -0.2) is 4.74 Å². The van der Waals surface area contributed by atoms with Crippen LogP contribution in [0.1, 0.15) is 0 Å². The summed E-state index contributed by atoms with van der Waals surface area (Å²) < 4.78 is 182. The Kier molecular flexibility index (Phi) is 4.62. The van der Waals surface area contributed by atoms with E-state index < -0.39 is 48.3 Å². The molecule has 1 saturated heterocycles. The summed E-state index contributed by atoms with van der Waals surface area (Å²) in [5.74, 6) is -16.8. The van der Waals surface area contributed by atoms with Crippen LogP contribution >= 0.6 is 0 Å². The highest BCUT2D eigenvalue weighted by Gasteiger charge is 2.86. The lowest BCUT2D eigenvalue weighted by Crippen LogP contribution is -2.63. The van der Waals surface area contributed by atoms with Crippen LogP contribution in [0.3, 0.4) is 0 Å². The molecular weight excluding hydrogens is 410 g/mol. The van der Waals surface area contributed by atoms with E-state index in [9.17, 15) is 61.5 Å². The van der Waals surface area contributed by atoms with Crippen molar-refractivity contribution in [3.63, 3.8) is 0 Å². The van der Waals surface area contributed by atoms with Gasteiger partial charge in [0.1, 0.15) is 0 Å². The molecule has 0 aliphatic carbocycles. The summed E-state index contributed by atoms with van der Waals surface area (Å²) in [6.07, 6.45) is -31.4. The van der Waals surface area contributed by atoms with Crippen molar-refractivity contribution < 1.29 is 75.7 Å². The van der Waals surface area contributed by atoms with Crippen LogP contribution in [0.25, 0.3) is 0 Å². The first-order chi connectivity index (χ1) is 10.7. The Morgan fingerprint density at radius 2 is 1.24 bits per heavy atom. The number of hydrogen-bond donors (Lipinski definition) is 0. The lowest BCUT2D eigenvalue weighted by atomic mass is 10.2. The van der Waals surface area contributed by atoms with E-state index in [4.69, 9.17) is 0 Å². The minimum absolute atomic E-state index is 1.60. The first-order valence-electron chi connectivity index (χ1n) is 5.12. The molecule has 25 heavy (non-hydrogen) atoms.